The molecule has 5 rings (SSSR count). The van der Waals surface area contributed by atoms with Crippen LogP contribution in [0.15, 0.2) is 24.4 Å². The highest BCUT2D eigenvalue weighted by molar-refractivity contribution is 7.46. The maximum atomic E-state index is 13.3. The Kier molecular flexibility index (Phi) is 7.84. The largest absolute Gasteiger partial charge is 0.495 e. The molecule has 0 bridgehead atoms. The van der Waals surface area contributed by atoms with Crippen molar-refractivity contribution in [1.82, 2.24) is 15.3 Å². The van der Waals surface area contributed by atoms with Gasteiger partial charge >= 0.3 is 7.82 Å². The van der Waals surface area contributed by atoms with Crippen molar-refractivity contribution >= 4 is 37.1 Å². The second kappa shape index (κ2) is 11.0. The number of methoxy groups -OCH3 is 1. The van der Waals surface area contributed by atoms with E-state index in [1.807, 2.05) is 12.1 Å². The normalized spacial score (nSPS) is 22.4. The lowest BCUT2D eigenvalue weighted by Gasteiger charge is -2.29. The van der Waals surface area contributed by atoms with Gasteiger partial charge in [-0.05, 0) is 68.1 Å². The molecule has 1 aromatic heterocycles. The second-order valence-electron chi connectivity index (χ2n) is 10.5. The molecular formula is C25H33ClN5O6P. The number of nitrogens with one attached hydrogen (secondary N) is 2. The Morgan fingerprint density at radius 3 is 2.63 bits per heavy atom. The summed E-state index contributed by atoms with van der Waals surface area (Å²) in [4.78, 5) is 42.9. The molecular weight excluding hydrogens is 533 g/mol. The molecule has 3 fully saturated rings. The van der Waals surface area contributed by atoms with Crippen LogP contribution in [-0.4, -0.2) is 58.0 Å². The third kappa shape index (κ3) is 6.58. The lowest BCUT2D eigenvalue weighted by molar-refractivity contribution is 0.0820. The Bertz CT molecular complexity index is 1230. The Balaban J connectivity index is 1.29. The average Bonchev–Trinajstić information content (AvgIpc) is 3.51. The number of aromatic nitrogens is 2. The quantitative estimate of drug-likeness (QED) is 0.330. The predicted molar refractivity (Wildman–Crippen MR) is 142 cm³/mol. The van der Waals surface area contributed by atoms with E-state index >= 15 is 0 Å². The molecule has 1 spiro atoms. The van der Waals surface area contributed by atoms with E-state index < -0.39 is 13.9 Å². The molecule has 1 saturated heterocycles. The van der Waals surface area contributed by atoms with Crippen LogP contribution >= 0.6 is 19.4 Å². The molecule has 3 aliphatic rings. The van der Waals surface area contributed by atoms with E-state index in [1.165, 1.54) is 12.8 Å². The summed E-state index contributed by atoms with van der Waals surface area (Å²) in [6.45, 7) is 2.24. The van der Waals surface area contributed by atoms with Crippen LogP contribution in [0.1, 0.15) is 60.9 Å². The minimum atomic E-state index is -4.53. The van der Waals surface area contributed by atoms with E-state index in [4.69, 9.17) is 35.6 Å². The first-order valence-electron chi connectivity index (χ1n) is 12.9. The molecule has 1 aliphatic heterocycles. The number of amides is 1. The molecule has 0 unspecified atom stereocenters. The Hall–Kier alpha value is -2.43. The van der Waals surface area contributed by atoms with E-state index in [0.717, 1.165) is 25.1 Å². The van der Waals surface area contributed by atoms with Gasteiger partial charge in [0.05, 0.1) is 18.2 Å². The van der Waals surface area contributed by atoms with Crippen molar-refractivity contribution in [2.45, 2.75) is 63.6 Å². The van der Waals surface area contributed by atoms with Gasteiger partial charge in [-0.15, -0.1) is 0 Å². The average molecular weight is 566 g/mol. The molecule has 13 heteroatoms. The van der Waals surface area contributed by atoms with Gasteiger partial charge in [0.25, 0.3) is 5.91 Å². The lowest BCUT2D eigenvalue weighted by Crippen LogP contribution is -2.39. The van der Waals surface area contributed by atoms with Gasteiger partial charge in [-0.25, -0.2) is 9.55 Å². The minimum Gasteiger partial charge on any atom is -0.495 e. The molecule has 2 aliphatic carbocycles. The van der Waals surface area contributed by atoms with Crippen molar-refractivity contribution in [3.63, 3.8) is 0 Å². The molecule has 11 nitrogen and oxygen atoms in total. The molecule has 2 saturated carbocycles. The minimum absolute atomic E-state index is 0.139. The monoisotopic (exact) mass is 565 g/mol. The van der Waals surface area contributed by atoms with E-state index in [2.05, 4.69) is 20.5 Å². The first kappa shape index (κ1) is 27.1. The van der Waals surface area contributed by atoms with Gasteiger partial charge in [0.15, 0.2) is 0 Å². The summed E-state index contributed by atoms with van der Waals surface area (Å²) in [5.74, 6) is 1.33. The molecule has 4 N–H and O–H groups in total. The zero-order chi connectivity index (χ0) is 26.9. The van der Waals surface area contributed by atoms with Crippen molar-refractivity contribution in [3.8, 4) is 5.75 Å². The second-order valence-corrected chi connectivity index (χ2v) is 12.1. The molecule has 2 heterocycles. The zero-order valence-electron chi connectivity index (χ0n) is 21.2. The van der Waals surface area contributed by atoms with Gasteiger partial charge in [0.1, 0.15) is 17.1 Å². The number of carbonyl (C=O) groups is 1. The van der Waals surface area contributed by atoms with Crippen LogP contribution in [0.5, 0.6) is 5.75 Å². The number of halogens is 1. The highest BCUT2D eigenvalue weighted by Gasteiger charge is 2.48. The van der Waals surface area contributed by atoms with Crippen molar-refractivity contribution in [2.24, 2.45) is 5.41 Å². The molecule has 206 valence electrons. The highest BCUT2D eigenvalue weighted by Crippen LogP contribution is 2.53. The maximum absolute atomic E-state index is 13.3. The fourth-order valence-electron chi connectivity index (χ4n) is 5.29. The third-order valence-electron chi connectivity index (χ3n) is 7.67. The number of rotatable bonds is 9. The van der Waals surface area contributed by atoms with E-state index in [-0.39, 0.29) is 11.9 Å². The van der Waals surface area contributed by atoms with Crippen molar-refractivity contribution in [3.05, 3.63) is 40.5 Å². The first-order chi connectivity index (χ1) is 18.1. The summed E-state index contributed by atoms with van der Waals surface area (Å²) < 4.78 is 21.2. The smallest absolute Gasteiger partial charge is 0.469 e. The van der Waals surface area contributed by atoms with Gasteiger partial charge in [-0.1, -0.05) is 17.7 Å². The fraction of sp³-hybridized carbons (Fsp3) is 0.560. The molecule has 38 heavy (non-hydrogen) atoms. The fourth-order valence-corrected chi connectivity index (χ4v) is 6.17. The number of phosphoric ester groups is 1. The third-order valence-corrected chi connectivity index (χ3v) is 8.54. The Labute approximate surface area is 226 Å². The van der Waals surface area contributed by atoms with Crippen LogP contribution in [0, 0.1) is 5.41 Å². The Morgan fingerprint density at radius 2 is 2.00 bits per heavy atom. The number of ether oxygens (including phenoxy) is 1. The van der Waals surface area contributed by atoms with Crippen molar-refractivity contribution in [2.75, 3.05) is 30.4 Å². The van der Waals surface area contributed by atoms with E-state index in [9.17, 15) is 9.36 Å². The lowest BCUT2D eigenvalue weighted by atomic mass is 9.93. The zero-order valence-corrected chi connectivity index (χ0v) is 22.9. The molecule has 1 aromatic carbocycles. The standard InChI is InChI=1S/C25H33ClN5O6P/c1-36-21-7-2-16(12-20(21)26)13-27-22-19(14-28-24(30-22)31-11-10-25(15-31)8-9-25)23(32)29-17-3-5-18(6-4-17)37-38(33,34)35/h2,7,12,14,17-18H,3-6,8-11,13,15H2,1H3,(H,29,32)(H,27,28,30)(H2,33,34,35)/t17-,18+. The van der Waals surface area contributed by atoms with Crippen LogP contribution in [0.25, 0.3) is 0 Å². The van der Waals surface area contributed by atoms with Gasteiger partial charge < -0.3 is 30.1 Å². The van der Waals surface area contributed by atoms with Crippen LogP contribution < -0.4 is 20.3 Å². The SMILES string of the molecule is COc1ccc(CNc2nc(N3CCC4(CC4)C3)ncc2C(=O)N[C@H]2CC[C@@H](OP(=O)(O)O)CC2)cc1Cl. The Morgan fingerprint density at radius 1 is 1.24 bits per heavy atom. The van der Waals surface area contributed by atoms with Crippen LogP contribution in [0.3, 0.4) is 0 Å². The predicted octanol–water partition coefficient (Wildman–Crippen LogP) is 3.89. The number of phosphoric acid groups is 1. The summed E-state index contributed by atoms with van der Waals surface area (Å²) in [6.07, 6.45) is 6.69. The van der Waals surface area contributed by atoms with Crippen molar-refractivity contribution in [1.29, 1.82) is 0 Å². The highest BCUT2D eigenvalue weighted by atomic mass is 35.5. The summed E-state index contributed by atoms with van der Waals surface area (Å²) >= 11 is 6.29. The number of anilines is 2. The molecule has 0 atom stereocenters. The summed E-state index contributed by atoms with van der Waals surface area (Å²) in [7, 11) is -2.96. The first-order valence-corrected chi connectivity index (χ1v) is 14.8. The molecule has 1 amide bonds. The van der Waals surface area contributed by atoms with Gasteiger partial charge in [0, 0.05) is 31.9 Å². The summed E-state index contributed by atoms with van der Waals surface area (Å²) in [6, 6.07) is 5.37. The number of benzene rings is 1. The number of hydrogen-bond acceptors (Lipinski definition) is 8. The topological polar surface area (TPSA) is 146 Å². The molecule has 0 radical (unpaired) electrons. The van der Waals surface area contributed by atoms with Gasteiger partial charge in [-0.3, -0.25) is 9.32 Å². The number of carbonyl (C=O) groups excluding carboxylic acids is 1. The van der Waals surface area contributed by atoms with E-state index in [0.29, 0.717) is 65.7 Å². The molecule has 2 aromatic rings. The van der Waals surface area contributed by atoms with Crippen LogP contribution in [0.2, 0.25) is 5.02 Å². The van der Waals surface area contributed by atoms with Crippen LogP contribution in [0.4, 0.5) is 11.8 Å². The maximum Gasteiger partial charge on any atom is 0.469 e. The van der Waals surface area contributed by atoms with Crippen molar-refractivity contribution < 1.29 is 28.4 Å². The number of nitrogens with zero attached hydrogens (tertiary/aromatic N) is 3. The van der Waals surface area contributed by atoms with Crippen LogP contribution in [-0.2, 0) is 15.6 Å². The summed E-state index contributed by atoms with van der Waals surface area (Å²) in [5, 5.41) is 6.83. The summed E-state index contributed by atoms with van der Waals surface area (Å²) in [5.41, 5.74) is 1.65. The van der Waals surface area contributed by atoms with E-state index in [1.54, 1.807) is 19.4 Å². The van der Waals surface area contributed by atoms with Gasteiger partial charge in [0.2, 0.25) is 5.95 Å². The number of hydrogen-bond donors (Lipinski definition) is 4. The van der Waals surface area contributed by atoms with Gasteiger partial charge in [-0.2, -0.15) is 4.98 Å².